The van der Waals surface area contributed by atoms with Crippen LogP contribution in [0, 0.1) is 0 Å². The summed E-state index contributed by atoms with van der Waals surface area (Å²) in [4.78, 5) is 0.0748. The number of aromatic nitrogens is 2. The predicted molar refractivity (Wildman–Crippen MR) is 81.8 cm³/mol. The van der Waals surface area contributed by atoms with Crippen LogP contribution in [-0.2, 0) is 23.0 Å². The maximum Gasteiger partial charge on any atom is 0.248 e. The van der Waals surface area contributed by atoms with Gasteiger partial charge in [-0.1, -0.05) is 12.1 Å². The first kappa shape index (κ1) is 14.5. The van der Waals surface area contributed by atoms with E-state index in [1.54, 1.807) is 16.8 Å². The Hall–Kier alpha value is -2.06. The number of ether oxygens (including phenoxy) is 1. The lowest BCUT2D eigenvalue weighted by Gasteiger charge is -2.18. The van der Waals surface area contributed by atoms with E-state index in [1.807, 2.05) is 6.07 Å². The van der Waals surface area contributed by atoms with Crippen LogP contribution in [0.25, 0.3) is 0 Å². The summed E-state index contributed by atoms with van der Waals surface area (Å²) in [5.74, 6) is 0.522. The third-order valence-electron chi connectivity index (χ3n) is 4.35. The van der Waals surface area contributed by atoms with Crippen LogP contribution in [0.1, 0.15) is 30.0 Å². The van der Waals surface area contributed by atoms with Gasteiger partial charge in [0.25, 0.3) is 0 Å². The van der Waals surface area contributed by atoms with Gasteiger partial charge in [0.15, 0.2) is 4.90 Å². The standard InChI is InChI=1S/C15H17N3O4S/c19-13-4-1-3-10-11(13)5-6-12(10)17-23(20,21)14-9-16-18-7-2-8-22-15(14)18/h1,3-4,9,12,17,19H,2,5-8H2. The zero-order chi connectivity index (χ0) is 16.0. The van der Waals surface area contributed by atoms with E-state index >= 15 is 0 Å². The average Bonchev–Trinajstić information content (AvgIpc) is 3.13. The zero-order valence-electron chi connectivity index (χ0n) is 12.4. The minimum atomic E-state index is -3.74. The number of nitrogens with zero attached hydrogens (tertiary/aromatic N) is 2. The number of phenolic OH excluding ortho intramolecular Hbond substituents is 1. The Kier molecular flexibility index (Phi) is 3.31. The van der Waals surface area contributed by atoms with Crippen LogP contribution in [0.15, 0.2) is 29.3 Å². The van der Waals surface area contributed by atoms with Crippen molar-refractivity contribution in [1.82, 2.24) is 14.5 Å². The number of hydrogen-bond acceptors (Lipinski definition) is 5. The van der Waals surface area contributed by atoms with Gasteiger partial charge in [0.1, 0.15) is 5.75 Å². The molecule has 8 heteroatoms. The molecular formula is C15H17N3O4S. The molecule has 0 bridgehead atoms. The average molecular weight is 335 g/mol. The molecule has 2 N–H and O–H groups in total. The molecule has 0 saturated heterocycles. The molecule has 0 saturated carbocycles. The fourth-order valence-corrected chi connectivity index (χ4v) is 4.56. The van der Waals surface area contributed by atoms with E-state index < -0.39 is 10.0 Å². The highest BCUT2D eigenvalue weighted by molar-refractivity contribution is 7.89. The Morgan fingerprint density at radius 1 is 1.39 bits per heavy atom. The van der Waals surface area contributed by atoms with Crippen molar-refractivity contribution in [2.24, 2.45) is 0 Å². The fraction of sp³-hybridized carbons (Fsp3) is 0.400. The SMILES string of the molecule is O=S(=O)(NC1CCc2c(O)cccc21)c1cnn2c1OCCC2. The second-order valence-corrected chi connectivity index (χ2v) is 7.48. The molecule has 1 atom stereocenters. The summed E-state index contributed by atoms with van der Waals surface area (Å²) in [5, 5.41) is 14.0. The van der Waals surface area contributed by atoms with Crippen LogP contribution in [-0.4, -0.2) is 29.9 Å². The summed E-state index contributed by atoms with van der Waals surface area (Å²) < 4.78 is 35.2. The van der Waals surface area contributed by atoms with Crippen molar-refractivity contribution in [1.29, 1.82) is 0 Å². The smallest absolute Gasteiger partial charge is 0.248 e. The normalized spacial score (nSPS) is 19.9. The minimum absolute atomic E-state index is 0.0748. The number of benzene rings is 1. The van der Waals surface area contributed by atoms with Gasteiger partial charge in [0, 0.05) is 19.0 Å². The predicted octanol–water partition coefficient (Wildman–Crippen LogP) is 1.34. The lowest BCUT2D eigenvalue weighted by atomic mass is 10.1. The molecule has 2 aromatic rings. The number of rotatable bonds is 3. The Bertz CT molecular complexity index is 860. The van der Waals surface area contributed by atoms with E-state index in [-0.39, 0.29) is 16.7 Å². The van der Waals surface area contributed by atoms with Crippen LogP contribution in [0.2, 0.25) is 0 Å². The van der Waals surface area contributed by atoms with E-state index in [0.717, 1.165) is 17.5 Å². The highest BCUT2D eigenvalue weighted by Crippen LogP contribution is 2.37. The van der Waals surface area contributed by atoms with Gasteiger partial charge in [-0.05, 0) is 30.0 Å². The number of aryl methyl sites for hydroxylation is 1. The fourth-order valence-electron chi connectivity index (χ4n) is 3.24. The van der Waals surface area contributed by atoms with Crippen molar-refractivity contribution in [3.05, 3.63) is 35.5 Å². The summed E-state index contributed by atoms with van der Waals surface area (Å²) in [6.45, 7) is 1.15. The summed E-state index contributed by atoms with van der Waals surface area (Å²) in [5.41, 5.74) is 1.64. The summed E-state index contributed by atoms with van der Waals surface area (Å²) in [6, 6.07) is 4.85. The van der Waals surface area contributed by atoms with Crippen LogP contribution in [0.3, 0.4) is 0 Å². The molecule has 23 heavy (non-hydrogen) atoms. The zero-order valence-corrected chi connectivity index (χ0v) is 13.2. The molecule has 1 unspecified atom stereocenters. The van der Waals surface area contributed by atoms with Crippen LogP contribution >= 0.6 is 0 Å². The molecule has 0 radical (unpaired) electrons. The van der Waals surface area contributed by atoms with Crippen molar-refractivity contribution in [2.75, 3.05) is 6.61 Å². The van der Waals surface area contributed by atoms with E-state index in [2.05, 4.69) is 9.82 Å². The molecule has 1 aliphatic carbocycles. The third kappa shape index (κ3) is 2.38. The number of nitrogens with one attached hydrogen (secondary N) is 1. The van der Waals surface area contributed by atoms with Crippen LogP contribution in [0.5, 0.6) is 11.6 Å². The van der Waals surface area contributed by atoms with Gasteiger partial charge in [0.05, 0.1) is 12.8 Å². The first-order chi connectivity index (χ1) is 11.1. The largest absolute Gasteiger partial charge is 0.508 e. The second-order valence-electron chi connectivity index (χ2n) is 5.80. The lowest BCUT2D eigenvalue weighted by molar-refractivity contribution is 0.224. The Balaban J connectivity index is 1.65. The Morgan fingerprint density at radius 2 is 2.26 bits per heavy atom. The molecule has 2 aliphatic rings. The Labute approximate surface area is 133 Å². The third-order valence-corrected chi connectivity index (χ3v) is 5.80. The van der Waals surface area contributed by atoms with Crippen LogP contribution < -0.4 is 9.46 Å². The van der Waals surface area contributed by atoms with Gasteiger partial charge in [-0.2, -0.15) is 5.10 Å². The first-order valence-electron chi connectivity index (χ1n) is 7.58. The molecule has 122 valence electrons. The number of sulfonamides is 1. The van der Waals surface area contributed by atoms with Gasteiger partial charge < -0.3 is 9.84 Å². The Morgan fingerprint density at radius 3 is 3.13 bits per heavy atom. The molecule has 2 heterocycles. The van der Waals surface area contributed by atoms with Crippen molar-refractivity contribution >= 4 is 10.0 Å². The van der Waals surface area contributed by atoms with E-state index in [0.29, 0.717) is 31.9 Å². The quantitative estimate of drug-likeness (QED) is 0.883. The van der Waals surface area contributed by atoms with Gasteiger partial charge in [-0.15, -0.1) is 0 Å². The van der Waals surface area contributed by atoms with Crippen molar-refractivity contribution in [3.8, 4) is 11.6 Å². The number of hydrogen-bond donors (Lipinski definition) is 2. The molecule has 0 fully saturated rings. The topological polar surface area (TPSA) is 93.5 Å². The monoisotopic (exact) mass is 335 g/mol. The van der Waals surface area contributed by atoms with Gasteiger partial charge in [0.2, 0.25) is 15.9 Å². The van der Waals surface area contributed by atoms with Crippen LogP contribution in [0.4, 0.5) is 0 Å². The number of fused-ring (bicyclic) bond motifs is 2. The maximum atomic E-state index is 12.7. The first-order valence-corrected chi connectivity index (χ1v) is 9.06. The highest BCUT2D eigenvalue weighted by atomic mass is 32.2. The molecule has 1 aromatic carbocycles. The van der Waals surface area contributed by atoms with E-state index in [4.69, 9.17) is 4.74 Å². The van der Waals surface area contributed by atoms with Crippen molar-refractivity contribution in [2.45, 2.75) is 36.7 Å². The molecule has 7 nitrogen and oxygen atoms in total. The molecule has 0 spiro atoms. The number of phenols is 1. The molecular weight excluding hydrogens is 318 g/mol. The molecule has 4 rings (SSSR count). The van der Waals surface area contributed by atoms with E-state index in [1.165, 1.54) is 6.20 Å². The van der Waals surface area contributed by atoms with Crippen molar-refractivity contribution in [3.63, 3.8) is 0 Å². The number of aromatic hydroxyl groups is 1. The highest BCUT2D eigenvalue weighted by Gasteiger charge is 2.32. The second kappa shape index (κ2) is 5.24. The van der Waals surface area contributed by atoms with Gasteiger partial charge in [-0.3, -0.25) is 0 Å². The maximum absolute atomic E-state index is 12.7. The lowest BCUT2D eigenvalue weighted by Crippen LogP contribution is -2.28. The molecule has 1 aliphatic heterocycles. The minimum Gasteiger partial charge on any atom is -0.508 e. The summed E-state index contributed by atoms with van der Waals surface area (Å²) in [6.07, 6.45) is 3.42. The molecule has 1 aromatic heterocycles. The van der Waals surface area contributed by atoms with Gasteiger partial charge >= 0.3 is 0 Å². The molecule has 0 amide bonds. The van der Waals surface area contributed by atoms with Gasteiger partial charge in [-0.25, -0.2) is 17.8 Å². The summed E-state index contributed by atoms with van der Waals surface area (Å²) >= 11 is 0. The van der Waals surface area contributed by atoms with E-state index in [9.17, 15) is 13.5 Å². The van der Waals surface area contributed by atoms with Crippen molar-refractivity contribution < 1.29 is 18.3 Å². The summed E-state index contributed by atoms with van der Waals surface area (Å²) in [7, 11) is -3.74.